The van der Waals surface area contributed by atoms with Gasteiger partial charge in [-0.2, -0.15) is 0 Å². The van der Waals surface area contributed by atoms with Gasteiger partial charge in [0.15, 0.2) is 0 Å². The fourth-order valence-corrected chi connectivity index (χ4v) is 1.92. The van der Waals surface area contributed by atoms with Crippen LogP contribution in [0.15, 0.2) is 18.2 Å². The summed E-state index contributed by atoms with van der Waals surface area (Å²) in [5, 5.41) is 0. The number of aryl methyl sites for hydroxylation is 1. The van der Waals surface area contributed by atoms with Crippen LogP contribution in [-0.4, -0.2) is 19.3 Å². The van der Waals surface area contributed by atoms with Crippen LogP contribution >= 0.6 is 0 Å². The maximum absolute atomic E-state index is 13.0. The Morgan fingerprint density at radius 3 is 2.59 bits per heavy atom. The maximum atomic E-state index is 13.0. The number of halogens is 4. The molecule has 0 atom stereocenters. The maximum Gasteiger partial charge on any atom is 0.497 e. The lowest BCUT2D eigenvalue weighted by Gasteiger charge is -2.33. The van der Waals surface area contributed by atoms with Gasteiger partial charge in [-0.05, 0) is 30.6 Å². The molecule has 0 saturated carbocycles. The topological polar surface area (TPSA) is 20.3 Å². The summed E-state index contributed by atoms with van der Waals surface area (Å²) in [4.78, 5) is 12.1. The highest BCUT2D eigenvalue weighted by molar-refractivity contribution is 6.59. The van der Waals surface area contributed by atoms with Crippen LogP contribution < -0.4 is 4.90 Å². The monoisotopic (exact) mass is 246 g/mol. The van der Waals surface area contributed by atoms with Gasteiger partial charge >= 0.3 is 6.98 Å². The van der Waals surface area contributed by atoms with Crippen molar-refractivity contribution in [2.24, 2.45) is 0 Å². The van der Waals surface area contributed by atoms with Crippen molar-refractivity contribution in [3.8, 4) is 0 Å². The third kappa shape index (κ3) is 2.59. The van der Waals surface area contributed by atoms with Gasteiger partial charge in [-0.1, -0.05) is 6.07 Å². The van der Waals surface area contributed by atoms with E-state index in [2.05, 4.69) is 0 Å². The molecule has 1 heterocycles. The van der Waals surface area contributed by atoms with E-state index in [0.29, 0.717) is 16.9 Å². The third-order valence-corrected chi connectivity index (χ3v) is 2.64. The fraction of sp³-hybridized carbons (Fsp3) is 0.300. The Kier molecular flexibility index (Phi) is 2.85. The fourth-order valence-electron chi connectivity index (χ4n) is 1.92. The molecule has 92 valence electrons. The first-order chi connectivity index (χ1) is 7.87. The van der Waals surface area contributed by atoms with Crippen LogP contribution in [0.2, 0.25) is 0 Å². The lowest BCUT2D eigenvalue weighted by atomic mass is 9.88. The summed E-state index contributed by atoms with van der Waals surface area (Å²) in [5.41, 5.74) is 0.617. The lowest BCUT2D eigenvalue weighted by molar-refractivity contribution is -0.118. The molecule has 0 aromatic heterocycles. The summed E-state index contributed by atoms with van der Waals surface area (Å²) in [6.45, 7) is -5.12. The molecule has 0 spiro atoms. The van der Waals surface area contributed by atoms with Gasteiger partial charge in [0.25, 0.3) is 0 Å². The number of nitrogens with zero attached hydrogens (tertiary/aromatic N) is 1. The average Bonchev–Trinajstić information content (AvgIpc) is 2.21. The molecular weight excluding hydrogens is 237 g/mol. The van der Waals surface area contributed by atoms with Crippen molar-refractivity contribution in [2.45, 2.75) is 12.8 Å². The molecule has 0 aliphatic carbocycles. The Labute approximate surface area is 95.3 Å². The molecule has 0 fully saturated rings. The van der Waals surface area contributed by atoms with Crippen molar-refractivity contribution in [1.82, 2.24) is 0 Å². The number of benzene rings is 1. The quantitative estimate of drug-likeness (QED) is 0.579. The normalized spacial score (nSPS) is 16.0. The van der Waals surface area contributed by atoms with E-state index in [1.807, 2.05) is 0 Å². The number of carbonyl (C=O) groups excluding carboxylic acids is 1. The van der Waals surface area contributed by atoms with Crippen LogP contribution in [0.1, 0.15) is 12.0 Å². The van der Waals surface area contributed by atoms with Crippen LogP contribution in [0.4, 0.5) is 23.0 Å². The van der Waals surface area contributed by atoms with Crippen molar-refractivity contribution in [1.29, 1.82) is 0 Å². The average molecular weight is 246 g/mol. The molecule has 1 aromatic rings. The van der Waals surface area contributed by atoms with Gasteiger partial charge in [-0.15, -0.1) is 0 Å². The summed E-state index contributed by atoms with van der Waals surface area (Å²) in [6.07, 6.45) is -0.921. The van der Waals surface area contributed by atoms with Gasteiger partial charge in [0.2, 0.25) is 5.91 Å². The van der Waals surface area contributed by atoms with E-state index in [-0.39, 0.29) is 12.1 Å². The van der Waals surface area contributed by atoms with E-state index in [0.717, 1.165) is 6.07 Å². The Balaban J connectivity index is 2.39. The van der Waals surface area contributed by atoms with Gasteiger partial charge in [-0.25, -0.2) is 4.39 Å². The van der Waals surface area contributed by atoms with Crippen molar-refractivity contribution in [3.63, 3.8) is 0 Å². The molecule has 7 heteroatoms. The van der Waals surface area contributed by atoms with Crippen molar-refractivity contribution >= 4 is 18.6 Å². The van der Waals surface area contributed by atoms with Gasteiger partial charge in [0.05, 0.1) is 0 Å². The zero-order chi connectivity index (χ0) is 12.6. The highest BCUT2D eigenvalue weighted by Crippen LogP contribution is 2.30. The van der Waals surface area contributed by atoms with E-state index in [9.17, 15) is 22.1 Å². The molecule has 1 amide bonds. The minimum atomic E-state index is -5.12. The standard InChI is InChI=1S/C10H9BF4NO/c12-8-3-1-7-2-4-10(17)16(9(7)5-8)6-11(13,14)15/h1,3,5H,2,4,6H2/q-1. The second-order valence-electron chi connectivity index (χ2n) is 3.99. The van der Waals surface area contributed by atoms with Gasteiger partial charge < -0.3 is 17.8 Å². The molecule has 0 unspecified atom stereocenters. The SMILES string of the molecule is O=C1CCc2ccc(F)cc2N1C[B-](F)(F)F. The number of hydrogen-bond acceptors (Lipinski definition) is 1. The minimum Gasteiger partial charge on any atom is -0.448 e. The van der Waals surface area contributed by atoms with Crippen LogP contribution in [0, 0.1) is 5.82 Å². The highest BCUT2D eigenvalue weighted by atomic mass is 19.4. The van der Waals surface area contributed by atoms with E-state index < -0.39 is 25.1 Å². The minimum absolute atomic E-state index is 0.0325. The molecule has 2 nitrogen and oxygen atoms in total. The first kappa shape index (κ1) is 11.9. The molecule has 1 aromatic carbocycles. The van der Waals surface area contributed by atoms with Crippen LogP contribution in [0.5, 0.6) is 0 Å². The zero-order valence-corrected chi connectivity index (χ0v) is 8.80. The summed E-state index contributed by atoms with van der Waals surface area (Å²) in [5.74, 6) is -1.25. The number of fused-ring (bicyclic) bond motifs is 1. The highest BCUT2D eigenvalue weighted by Gasteiger charge is 2.32. The first-order valence-corrected chi connectivity index (χ1v) is 5.16. The smallest absolute Gasteiger partial charge is 0.448 e. The van der Waals surface area contributed by atoms with Gasteiger partial charge in [-0.3, -0.25) is 4.79 Å². The number of rotatable bonds is 2. The summed E-state index contributed by atoms with van der Waals surface area (Å²) >= 11 is 0. The van der Waals surface area contributed by atoms with E-state index in [1.54, 1.807) is 0 Å². The summed E-state index contributed by atoms with van der Waals surface area (Å²) in [7, 11) is 0. The Morgan fingerprint density at radius 2 is 1.94 bits per heavy atom. The number of carbonyl (C=O) groups is 1. The molecule has 0 saturated heterocycles. The number of anilines is 1. The second kappa shape index (κ2) is 4.05. The lowest BCUT2D eigenvalue weighted by Crippen LogP contribution is -2.44. The predicted molar refractivity (Wildman–Crippen MR) is 56.2 cm³/mol. The molecule has 0 radical (unpaired) electrons. The summed E-state index contributed by atoms with van der Waals surface area (Å²) in [6, 6.07) is 3.59. The molecule has 2 rings (SSSR count). The Hall–Kier alpha value is -1.53. The Morgan fingerprint density at radius 1 is 1.24 bits per heavy atom. The molecular formula is C10H9BF4NO-. The molecule has 17 heavy (non-hydrogen) atoms. The number of hydrogen-bond donors (Lipinski definition) is 0. The molecule has 0 bridgehead atoms. The molecule has 0 N–H and O–H groups in total. The van der Waals surface area contributed by atoms with E-state index in [1.165, 1.54) is 12.1 Å². The first-order valence-electron chi connectivity index (χ1n) is 5.16. The summed E-state index contributed by atoms with van der Waals surface area (Å²) < 4.78 is 50.2. The van der Waals surface area contributed by atoms with Crippen molar-refractivity contribution < 1.29 is 22.1 Å². The van der Waals surface area contributed by atoms with Gasteiger partial charge in [0, 0.05) is 12.1 Å². The van der Waals surface area contributed by atoms with E-state index in [4.69, 9.17) is 0 Å². The van der Waals surface area contributed by atoms with Gasteiger partial charge in [0.1, 0.15) is 5.82 Å². The van der Waals surface area contributed by atoms with Crippen LogP contribution in [0.3, 0.4) is 0 Å². The predicted octanol–water partition coefficient (Wildman–Crippen LogP) is 2.49. The van der Waals surface area contributed by atoms with Crippen molar-refractivity contribution in [3.05, 3.63) is 29.6 Å². The third-order valence-electron chi connectivity index (χ3n) is 2.64. The zero-order valence-electron chi connectivity index (χ0n) is 8.80. The largest absolute Gasteiger partial charge is 0.497 e. The number of amides is 1. The Bertz CT molecular complexity index is 460. The van der Waals surface area contributed by atoms with E-state index >= 15 is 0 Å². The van der Waals surface area contributed by atoms with Crippen molar-refractivity contribution in [2.75, 3.05) is 11.3 Å². The van der Waals surface area contributed by atoms with Crippen LogP contribution in [-0.2, 0) is 11.2 Å². The molecule has 1 aliphatic heterocycles. The van der Waals surface area contributed by atoms with Crippen LogP contribution in [0.25, 0.3) is 0 Å². The second-order valence-corrected chi connectivity index (χ2v) is 3.99. The molecule has 1 aliphatic rings.